The van der Waals surface area contributed by atoms with Gasteiger partial charge in [0.25, 0.3) is 0 Å². The molecule has 0 saturated heterocycles. The van der Waals surface area contributed by atoms with E-state index in [9.17, 15) is 5.11 Å². The normalized spacial score (nSPS) is 9.40. The minimum absolute atomic E-state index is 0.304. The molecule has 0 saturated carbocycles. The van der Waals surface area contributed by atoms with E-state index < -0.39 is 0 Å². The van der Waals surface area contributed by atoms with Crippen LogP contribution in [-0.2, 0) is 0 Å². The van der Waals surface area contributed by atoms with Gasteiger partial charge >= 0.3 is 0 Å². The Morgan fingerprint density at radius 3 is 2.80 bits per heavy atom. The molecule has 54 valence electrons. The number of aryl methyl sites for hydroxylation is 1. The Hall–Kier alpha value is -0.380. The molecule has 1 rings (SSSR count). The van der Waals surface area contributed by atoms with Crippen molar-refractivity contribution in [1.82, 2.24) is 0 Å². The molecular formula is C7H8OS2. The molecule has 1 heterocycles. The van der Waals surface area contributed by atoms with Gasteiger partial charge in [-0.2, -0.15) is 0 Å². The molecule has 0 spiro atoms. The lowest BCUT2D eigenvalue weighted by Crippen LogP contribution is -1.88. The average molecular weight is 172 g/mol. The number of hydrogen-bond donors (Lipinski definition) is 1. The molecule has 10 heavy (non-hydrogen) atoms. The third kappa shape index (κ3) is 1.56. The third-order valence-electron chi connectivity index (χ3n) is 1.09. The maximum absolute atomic E-state index is 9.17. The lowest BCUT2D eigenvalue weighted by atomic mass is 10.4. The summed E-state index contributed by atoms with van der Waals surface area (Å²) in [5.41, 5.74) is 0. The van der Waals surface area contributed by atoms with Gasteiger partial charge in [-0.1, -0.05) is 0 Å². The highest BCUT2D eigenvalue weighted by molar-refractivity contribution is 7.96. The lowest BCUT2D eigenvalue weighted by Gasteiger charge is -1.86. The van der Waals surface area contributed by atoms with Crippen molar-refractivity contribution >= 4 is 33.2 Å². The molecule has 0 amide bonds. The number of hydrogen-bond acceptors (Lipinski definition) is 1. The summed E-state index contributed by atoms with van der Waals surface area (Å²) in [7, 11) is 1.12. The molecule has 0 aliphatic rings. The quantitative estimate of drug-likeness (QED) is 0.644. The van der Waals surface area contributed by atoms with Crippen LogP contribution in [0.2, 0.25) is 0 Å². The van der Waals surface area contributed by atoms with Crippen LogP contribution in [0.4, 0.5) is 0 Å². The Morgan fingerprint density at radius 1 is 1.70 bits per heavy atom. The average Bonchev–Trinajstić information content (AvgIpc) is 2.34. The van der Waals surface area contributed by atoms with Crippen molar-refractivity contribution in [3.8, 4) is 0 Å². The summed E-state index contributed by atoms with van der Waals surface area (Å²) in [4.78, 5) is 2.10. The topological polar surface area (TPSA) is 20.2 Å². The molecule has 0 radical (unpaired) electrons. The highest BCUT2D eigenvalue weighted by Crippen LogP contribution is 2.15. The molecule has 1 aromatic heterocycles. The minimum Gasteiger partial charge on any atom is -0.351 e. The first-order valence-corrected chi connectivity index (χ1v) is 4.59. The molecule has 0 aromatic carbocycles. The highest BCUT2D eigenvalue weighted by Gasteiger charge is 1.97. The van der Waals surface area contributed by atoms with Gasteiger partial charge in [-0.05, 0) is 24.9 Å². The van der Waals surface area contributed by atoms with E-state index in [1.807, 2.05) is 19.1 Å². The predicted octanol–water partition coefficient (Wildman–Crippen LogP) is 2.26. The summed E-state index contributed by atoms with van der Waals surface area (Å²) >= 11 is 1.57. The van der Waals surface area contributed by atoms with E-state index in [1.165, 1.54) is 4.88 Å². The fourth-order valence-corrected chi connectivity index (χ4v) is 1.84. The second-order valence-electron chi connectivity index (χ2n) is 1.86. The molecule has 0 bridgehead atoms. The molecule has 3 heteroatoms. The van der Waals surface area contributed by atoms with Crippen LogP contribution in [-0.4, -0.2) is 16.0 Å². The van der Waals surface area contributed by atoms with Gasteiger partial charge in [-0.3, -0.25) is 0 Å². The Morgan fingerprint density at radius 2 is 2.40 bits per heavy atom. The van der Waals surface area contributed by atoms with Gasteiger partial charge in [0.2, 0.25) is 0 Å². The Bertz CT molecular complexity index is 282. The van der Waals surface area contributed by atoms with Gasteiger partial charge in [-0.25, -0.2) is 0 Å². The largest absolute Gasteiger partial charge is 0.351 e. The first-order chi connectivity index (χ1) is 4.74. The zero-order valence-electron chi connectivity index (χ0n) is 5.63. The minimum atomic E-state index is 0.304. The van der Waals surface area contributed by atoms with E-state index in [4.69, 9.17) is 0 Å². The zero-order chi connectivity index (χ0) is 7.56. The smallest absolute Gasteiger partial charge is 0.143 e. The van der Waals surface area contributed by atoms with Crippen molar-refractivity contribution in [2.45, 2.75) is 6.92 Å². The molecule has 0 fully saturated rings. The van der Waals surface area contributed by atoms with E-state index in [0.717, 1.165) is 15.8 Å². The van der Waals surface area contributed by atoms with Crippen molar-refractivity contribution < 1.29 is 5.11 Å². The Labute approximate surface area is 67.5 Å². The third-order valence-corrected chi connectivity index (χ3v) is 2.72. The Kier molecular flexibility index (Phi) is 2.43. The van der Waals surface area contributed by atoms with Crippen LogP contribution >= 0.6 is 22.3 Å². The van der Waals surface area contributed by atoms with E-state index in [0.29, 0.717) is 5.05 Å². The van der Waals surface area contributed by atoms with E-state index >= 15 is 0 Å². The van der Waals surface area contributed by atoms with Crippen LogP contribution < -0.4 is 0 Å². The highest BCUT2D eigenvalue weighted by atomic mass is 32.1. The molecule has 0 aliphatic carbocycles. The number of aliphatic hydroxyl groups excluding tert-OH is 1. The van der Waals surface area contributed by atoms with Crippen LogP contribution in [0.5, 0.6) is 0 Å². The van der Waals surface area contributed by atoms with E-state index in [1.54, 1.807) is 11.3 Å². The van der Waals surface area contributed by atoms with Crippen molar-refractivity contribution in [3.63, 3.8) is 0 Å². The molecule has 1 aromatic rings. The van der Waals surface area contributed by atoms with Gasteiger partial charge < -0.3 is 5.11 Å². The molecule has 0 aliphatic heterocycles. The summed E-state index contributed by atoms with van der Waals surface area (Å²) in [5, 5.41) is 9.47. The number of rotatable bonds is 1. The van der Waals surface area contributed by atoms with Crippen LogP contribution in [0.3, 0.4) is 0 Å². The van der Waals surface area contributed by atoms with Crippen LogP contribution in [0, 0.1) is 6.92 Å². The van der Waals surface area contributed by atoms with E-state index in [2.05, 4.69) is 5.87 Å². The fourth-order valence-electron chi connectivity index (χ4n) is 0.621. The van der Waals surface area contributed by atoms with Crippen molar-refractivity contribution in [2.24, 2.45) is 0 Å². The molecule has 0 atom stereocenters. The fraction of sp³-hybridized carbons (Fsp3) is 0.143. The Balaban J connectivity index is 3.07. The lowest BCUT2D eigenvalue weighted by molar-refractivity contribution is 0.572. The van der Waals surface area contributed by atoms with Gasteiger partial charge in [0.1, 0.15) is 5.05 Å². The maximum Gasteiger partial charge on any atom is 0.143 e. The van der Waals surface area contributed by atoms with Crippen LogP contribution in [0.1, 0.15) is 9.75 Å². The van der Waals surface area contributed by atoms with Crippen LogP contribution in [0.25, 0.3) is 0 Å². The zero-order valence-corrected chi connectivity index (χ0v) is 7.26. The first-order valence-electron chi connectivity index (χ1n) is 2.79. The van der Waals surface area contributed by atoms with Gasteiger partial charge in [0.15, 0.2) is 0 Å². The second-order valence-corrected chi connectivity index (χ2v) is 3.82. The SMILES string of the molecule is C=S=C(O)c1ccc(C)s1. The molecule has 1 nitrogen and oxygen atoms in total. The first kappa shape index (κ1) is 7.72. The summed E-state index contributed by atoms with van der Waals surface area (Å²) in [6.07, 6.45) is 0. The van der Waals surface area contributed by atoms with Gasteiger partial charge in [-0.15, -0.1) is 22.3 Å². The van der Waals surface area contributed by atoms with E-state index in [-0.39, 0.29) is 0 Å². The molecule has 0 unspecified atom stereocenters. The molecule has 1 N–H and O–H groups in total. The summed E-state index contributed by atoms with van der Waals surface area (Å²) in [6, 6.07) is 3.87. The van der Waals surface area contributed by atoms with Gasteiger partial charge in [0, 0.05) is 4.88 Å². The van der Waals surface area contributed by atoms with Crippen molar-refractivity contribution in [1.29, 1.82) is 0 Å². The number of aliphatic hydroxyl groups is 1. The second kappa shape index (κ2) is 3.14. The maximum atomic E-state index is 9.17. The van der Waals surface area contributed by atoms with Crippen molar-refractivity contribution in [2.75, 3.05) is 0 Å². The summed E-state index contributed by atoms with van der Waals surface area (Å²) < 4.78 is 0. The van der Waals surface area contributed by atoms with Crippen molar-refractivity contribution in [3.05, 3.63) is 21.9 Å². The monoisotopic (exact) mass is 172 g/mol. The van der Waals surface area contributed by atoms with Crippen LogP contribution in [0.15, 0.2) is 12.1 Å². The number of thiophene rings is 1. The summed E-state index contributed by atoms with van der Waals surface area (Å²) in [5.74, 6) is 3.51. The predicted molar refractivity (Wildman–Crippen MR) is 50.5 cm³/mol. The van der Waals surface area contributed by atoms with Gasteiger partial charge in [0.05, 0.1) is 4.88 Å². The standard InChI is InChI=1S/C7H8OS2/c1-5-3-4-6(10-5)7(8)9-2/h3-4,8H,2H2,1H3. The summed E-state index contributed by atoms with van der Waals surface area (Å²) in [6.45, 7) is 2.01. The molecular weight excluding hydrogens is 164 g/mol.